The van der Waals surface area contributed by atoms with Gasteiger partial charge in [0.05, 0.1) is 6.61 Å². The number of thioether (sulfide) groups is 1. The summed E-state index contributed by atoms with van der Waals surface area (Å²) in [7, 11) is 0. The molecule has 16 heavy (non-hydrogen) atoms. The minimum Gasteiger partial charge on any atom is -0.392 e. The summed E-state index contributed by atoms with van der Waals surface area (Å²) in [6, 6.07) is 6.28. The fraction of sp³-hybridized carbons (Fsp3) is 0.500. The van der Waals surface area contributed by atoms with Gasteiger partial charge in [-0.25, -0.2) is 0 Å². The molecule has 0 aromatic heterocycles. The number of benzene rings is 1. The zero-order valence-corrected chi connectivity index (χ0v) is 10.9. The van der Waals surface area contributed by atoms with Gasteiger partial charge in [-0.1, -0.05) is 11.6 Å². The lowest BCUT2D eigenvalue weighted by Crippen LogP contribution is -2.40. The second-order valence-electron chi connectivity index (χ2n) is 4.05. The largest absolute Gasteiger partial charge is 0.392 e. The highest BCUT2D eigenvalue weighted by atomic mass is 35.5. The Morgan fingerprint density at radius 1 is 1.56 bits per heavy atom. The highest BCUT2D eigenvalue weighted by molar-refractivity contribution is 7.99. The summed E-state index contributed by atoms with van der Waals surface area (Å²) < 4.78 is 0. The molecule has 1 unspecified atom stereocenters. The first kappa shape index (κ1) is 12.1. The normalized spacial score (nSPS) is 21.2. The molecule has 0 amide bonds. The maximum absolute atomic E-state index is 9.37. The third kappa shape index (κ3) is 2.47. The molecule has 1 aliphatic rings. The molecule has 4 heteroatoms. The van der Waals surface area contributed by atoms with Crippen LogP contribution in [0.3, 0.4) is 0 Å². The van der Waals surface area contributed by atoms with Crippen LogP contribution < -0.4 is 4.90 Å². The second-order valence-corrected chi connectivity index (χ2v) is 5.63. The van der Waals surface area contributed by atoms with Crippen LogP contribution in [-0.2, 0) is 6.61 Å². The number of hydrogen-bond acceptors (Lipinski definition) is 3. The Hall–Kier alpha value is -0.380. The standard InChI is InChI=1S/C12H16ClNOS/c1-9-8-16-5-4-14(9)12-3-2-11(13)6-10(12)7-15/h2-3,6,9,15H,4-5,7-8H2,1H3. The number of nitrogens with zero attached hydrogens (tertiary/aromatic N) is 1. The maximum Gasteiger partial charge on any atom is 0.0702 e. The zero-order valence-electron chi connectivity index (χ0n) is 9.32. The van der Waals surface area contributed by atoms with Gasteiger partial charge >= 0.3 is 0 Å². The summed E-state index contributed by atoms with van der Waals surface area (Å²) in [4.78, 5) is 2.36. The minimum atomic E-state index is 0.0479. The smallest absolute Gasteiger partial charge is 0.0702 e. The van der Waals surface area contributed by atoms with Gasteiger partial charge in [-0.15, -0.1) is 0 Å². The van der Waals surface area contributed by atoms with Crippen LogP contribution in [0.5, 0.6) is 0 Å². The third-order valence-electron chi connectivity index (χ3n) is 2.89. The van der Waals surface area contributed by atoms with Crippen molar-refractivity contribution in [3.63, 3.8) is 0 Å². The molecule has 1 N–H and O–H groups in total. The van der Waals surface area contributed by atoms with Crippen LogP contribution in [0.4, 0.5) is 5.69 Å². The lowest BCUT2D eigenvalue weighted by atomic mass is 10.1. The molecule has 1 heterocycles. The van der Waals surface area contributed by atoms with Gasteiger partial charge in [-0.05, 0) is 25.1 Å². The van der Waals surface area contributed by atoms with Gasteiger partial charge in [0.15, 0.2) is 0 Å². The predicted octanol–water partition coefficient (Wildman–Crippen LogP) is 2.77. The van der Waals surface area contributed by atoms with E-state index < -0.39 is 0 Å². The molecular weight excluding hydrogens is 242 g/mol. The van der Waals surface area contributed by atoms with Crippen LogP contribution in [0.25, 0.3) is 0 Å². The molecule has 1 fully saturated rings. The first-order valence-electron chi connectivity index (χ1n) is 5.46. The molecule has 0 radical (unpaired) electrons. The number of aliphatic hydroxyl groups is 1. The van der Waals surface area contributed by atoms with E-state index in [-0.39, 0.29) is 6.61 Å². The summed E-state index contributed by atoms with van der Waals surface area (Å²) in [5, 5.41) is 10.1. The van der Waals surface area contributed by atoms with Crippen molar-refractivity contribution in [2.24, 2.45) is 0 Å². The van der Waals surface area contributed by atoms with Crippen molar-refractivity contribution in [3.8, 4) is 0 Å². The first-order chi connectivity index (χ1) is 7.72. The van der Waals surface area contributed by atoms with E-state index in [1.807, 2.05) is 30.0 Å². The van der Waals surface area contributed by atoms with Gasteiger partial charge < -0.3 is 10.0 Å². The predicted molar refractivity (Wildman–Crippen MR) is 71.5 cm³/mol. The van der Waals surface area contributed by atoms with Crippen molar-refractivity contribution in [1.29, 1.82) is 0 Å². The van der Waals surface area contributed by atoms with Gasteiger partial charge in [0.2, 0.25) is 0 Å². The summed E-state index contributed by atoms with van der Waals surface area (Å²) in [5.41, 5.74) is 2.05. The van der Waals surface area contributed by atoms with Crippen molar-refractivity contribution in [2.75, 3.05) is 23.0 Å². The van der Waals surface area contributed by atoms with Crippen molar-refractivity contribution >= 4 is 29.1 Å². The lowest BCUT2D eigenvalue weighted by Gasteiger charge is -2.36. The molecule has 1 aromatic rings. The van der Waals surface area contributed by atoms with E-state index in [4.69, 9.17) is 11.6 Å². The van der Waals surface area contributed by atoms with E-state index in [1.165, 1.54) is 0 Å². The van der Waals surface area contributed by atoms with Crippen molar-refractivity contribution in [3.05, 3.63) is 28.8 Å². The van der Waals surface area contributed by atoms with Crippen LogP contribution >= 0.6 is 23.4 Å². The summed E-state index contributed by atoms with van der Waals surface area (Å²) in [6.07, 6.45) is 0. The second kappa shape index (κ2) is 5.30. The Labute approximate surface area is 106 Å². The molecule has 1 saturated heterocycles. The lowest BCUT2D eigenvalue weighted by molar-refractivity contribution is 0.282. The Kier molecular flexibility index (Phi) is 4.00. The van der Waals surface area contributed by atoms with Crippen molar-refractivity contribution < 1.29 is 5.11 Å². The average molecular weight is 258 g/mol. The van der Waals surface area contributed by atoms with Crippen LogP contribution in [-0.4, -0.2) is 29.2 Å². The Balaban J connectivity index is 2.30. The maximum atomic E-state index is 9.37. The Morgan fingerprint density at radius 2 is 2.38 bits per heavy atom. The number of halogens is 1. The van der Waals surface area contributed by atoms with E-state index in [1.54, 1.807) is 0 Å². The van der Waals surface area contributed by atoms with Crippen molar-refractivity contribution in [2.45, 2.75) is 19.6 Å². The van der Waals surface area contributed by atoms with E-state index >= 15 is 0 Å². The quantitative estimate of drug-likeness (QED) is 0.881. The molecule has 88 valence electrons. The number of aliphatic hydroxyl groups excluding tert-OH is 1. The fourth-order valence-electron chi connectivity index (χ4n) is 2.05. The topological polar surface area (TPSA) is 23.5 Å². The van der Waals surface area contributed by atoms with Crippen LogP contribution in [0.2, 0.25) is 5.02 Å². The van der Waals surface area contributed by atoms with E-state index in [9.17, 15) is 5.11 Å². The Morgan fingerprint density at radius 3 is 3.06 bits per heavy atom. The average Bonchev–Trinajstić information content (AvgIpc) is 2.30. The molecule has 0 saturated carbocycles. The first-order valence-corrected chi connectivity index (χ1v) is 6.99. The number of anilines is 1. The molecule has 1 aromatic carbocycles. The van der Waals surface area contributed by atoms with Gasteiger partial charge in [-0.3, -0.25) is 0 Å². The highest BCUT2D eigenvalue weighted by Gasteiger charge is 2.20. The summed E-state index contributed by atoms with van der Waals surface area (Å²) in [6.45, 7) is 3.31. The van der Waals surface area contributed by atoms with Crippen molar-refractivity contribution in [1.82, 2.24) is 0 Å². The number of hydrogen-bond donors (Lipinski definition) is 1. The zero-order chi connectivity index (χ0) is 11.5. The van der Waals surface area contributed by atoms with Crippen LogP contribution in [0.15, 0.2) is 18.2 Å². The van der Waals surface area contributed by atoms with E-state index in [2.05, 4.69) is 11.8 Å². The van der Waals surface area contributed by atoms with E-state index in [0.29, 0.717) is 11.1 Å². The summed E-state index contributed by atoms with van der Waals surface area (Å²) in [5.74, 6) is 2.30. The van der Waals surface area contributed by atoms with E-state index in [0.717, 1.165) is 29.3 Å². The van der Waals surface area contributed by atoms with Gasteiger partial charge in [0.25, 0.3) is 0 Å². The van der Waals surface area contributed by atoms with Crippen LogP contribution in [0, 0.1) is 0 Å². The molecule has 0 spiro atoms. The van der Waals surface area contributed by atoms with Gasteiger partial charge in [0, 0.05) is 40.4 Å². The molecular formula is C12H16ClNOS. The summed E-state index contributed by atoms with van der Waals surface area (Å²) >= 11 is 7.92. The molecule has 2 nitrogen and oxygen atoms in total. The SMILES string of the molecule is CC1CSCCN1c1ccc(Cl)cc1CO. The highest BCUT2D eigenvalue weighted by Crippen LogP contribution is 2.29. The monoisotopic (exact) mass is 257 g/mol. The van der Waals surface area contributed by atoms with Gasteiger partial charge in [-0.2, -0.15) is 11.8 Å². The molecule has 1 aliphatic heterocycles. The Bertz CT molecular complexity index is 372. The fourth-order valence-corrected chi connectivity index (χ4v) is 3.25. The number of rotatable bonds is 2. The van der Waals surface area contributed by atoms with Gasteiger partial charge in [0.1, 0.15) is 0 Å². The molecule has 2 rings (SSSR count). The molecule has 1 atom stereocenters. The molecule has 0 aliphatic carbocycles. The third-order valence-corrected chi connectivity index (χ3v) is 4.31. The minimum absolute atomic E-state index is 0.0479. The molecule has 0 bridgehead atoms. The van der Waals surface area contributed by atoms with Crippen LogP contribution in [0.1, 0.15) is 12.5 Å².